The first kappa shape index (κ1) is 15.1. The van der Waals surface area contributed by atoms with Crippen molar-refractivity contribution in [1.82, 2.24) is 14.9 Å². The highest BCUT2D eigenvalue weighted by Gasteiger charge is 2.34. The summed E-state index contributed by atoms with van der Waals surface area (Å²) in [6.45, 7) is 0.340. The Kier molecular flexibility index (Phi) is 4.32. The van der Waals surface area contributed by atoms with Crippen LogP contribution >= 0.6 is 0 Å². The first-order valence-electron chi connectivity index (χ1n) is 7.49. The molecule has 0 aliphatic carbocycles. The third kappa shape index (κ3) is 3.36. The predicted molar refractivity (Wildman–Crippen MR) is 82.5 cm³/mol. The molecule has 1 aromatic carbocycles. The van der Waals surface area contributed by atoms with Gasteiger partial charge in [-0.05, 0) is 17.5 Å². The van der Waals surface area contributed by atoms with Gasteiger partial charge in [0.05, 0.1) is 5.69 Å². The van der Waals surface area contributed by atoms with Gasteiger partial charge in [-0.2, -0.15) is 0 Å². The van der Waals surface area contributed by atoms with Crippen LogP contribution in [-0.4, -0.2) is 37.9 Å². The highest BCUT2D eigenvalue weighted by Crippen LogP contribution is 2.24. The quantitative estimate of drug-likeness (QED) is 0.924. The van der Waals surface area contributed by atoms with Crippen LogP contribution in [-0.2, 0) is 29.0 Å². The van der Waals surface area contributed by atoms with Gasteiger partial charge in [-0.15, -0.1) is 0 Å². The summed E-state index contributed by atoms with van der Waals surface area (Å²) in [5.74, 6) is -1.13. The number of aryl methyl sites for hydroxylation is 1. The summed E-state index contributed by atoms with van der Waals surface area (Å²) in [7, 11) is 0. The van der Waals surface area contributed by atoms with E-state index in [4.69, 9.17) is 0 Å². The molecular formula is C17H17N3O3. The van der Waals surface area contributed by atoms with Crippen LogP contribution in [0, 0.1) is 0 Å². The summed E-state index contributed by atoms with van der Waals surface area (Å²) in [6, 6.07) is 6.85. The van der Waals surface area contributed by atoms with Crippen LogP contribution < -0.4 is 0 Å². The topological polar surface area (TPSA) is 83.4 Å². The number of carbonyl (C=O) groups excluding carboxylic acids is 1. The summed E-state index contributed by atoms with van der Waals surface area (Å²) >= 11 is 0. The lowest BCUT2D eigenvalue weighted by molar-refractivity contribution is -0.151. The van der Waals surface area contributed by atoms with Crippen molar-refractivity contribution in [3.63, 3.8) is 0 Å². The Morgan fingerprint density at radius 2 is 2.00 bits per heavy atom. The smallest absolute Gasteiger partial charge is 0.326 e. The molecule has 1 N–H and O–H groups in total. The SMILES string of the molecule is O=C(O)[C@H]1Cc2ccccc2CN1C(=O)CCc1cnccn1. The number of benzene rings is 1. The van der Waals surface area contributed by atoms with Gasteiger partial charge in [0, 0.05) is 38.0 Å². The maximum atomic E-state index is 12.5. The third-order valence-electron chi connectivity index (χ3n) is 4.07. The molecular weight excluding hydrogens is 294 g/mol. The van der Waals surface area contributed by atoms with Crippen molar-refractivity contribution in [2.45, 2.75) is 31.8 Å². The average molecular weight is 311 g/mol. The van der Waals surface area contributed by atoms with Crippen LogP contribution in [0.5, 0.6) is 0 Å². The van der Waals surface area contributed by atoms with Crippen molar-refractivity contribution in [3.05, 3.63) is 59.7 Å². The molecule has 0 radical (unpaired) electrons. The summed E-state index contributed by atoms with van der Waals surface area (Å²) in [5.41, 5.74) is 2.74. The minimum atomic E-state index is -0.965. The van der Waals surface area contributed by atoms with Crippen LogP contribution in [0.25, 0.3) is 0 Å². The number of hydrogen-bond donors (Lipinski definition) is 1. The maximum Gasteiger partial charge on any atom is 0.326 e. The number of aliphatic carboxylic acids is 1. The largest absolute Gasteiger partial charge is 0.480 e. The standard InChI is InChI=1S/C17H17N3O3/c21-16(6-5-14-10-18-7-8-19-14)20-11-13-4-2-1-3-12(13)9-15(20)17(22)23/h1-4,7-8,10,15H,5-6,9,11H2,(H,22,23)/t15-/m1/s1. The molecule has 0 bridgehead atoms. The number of carbonyl (C=O) groups is 2. The highest BCUT2D eigenvalue weighted by molar-refractivity contribution is 5.84. The Hall–Kier alpha value is -2.76. The van der Waals surface area contributed by atoms with Gasteiger partial charge in [-0.25, -0.2) is 4.79 Å². The summed E-state index contributed by atoms with van der Waals surface area (Å²) in [6.07, 6.45) is 5.81. The Morgan fingerprint density at radius 3 is 2.70 bits per heavy atom. The molecule has 0 spiro atoms. The number of nitrogens with zero attached hydrogens (tertiary/aromatic N) is 3. The Labute approximate surface area is 133 Å². The fourth-order valence-corrected chi connectivity index (χ4v) is 2.84. The van der Waals surface area contributed by atoms with Gasteiger partial charge in [-0.3, -0.25) is 14.8 Å². The van der Waals surface area contributed by atoms with E-state index < -0.39 is 12.0 Å². The van der Waals surface area contributed by atoms with Crippen molar-refractivity contribution in [2.75, 3.05) is 0 Å². The molecule has 6 heteroatoms. The van der Waals surface area contributed by atoms with Crippen LogP contribution in [0.15, 0.2) is 42.9 Å². The number of amides is 1. The van der Waals surface area contributed by atoms with E-state index in [0.29, 0.717) is 19.4 Å². The van der Waals surface area contributed by atoms with Crippen LogP contribution in [0.4, 0.5) is 0 Å². The lowest BCUT2D eigenvalue weighted by Gasteiger charge is -2.34. The first-order chi connectivity index (χ1) is 11.1. The monoisotopic (exact) mass is 311 g/mol. The fraction of sp³-hybridized carbons (Fsp3) is 0.294. The second-order valence-corrected chi connectivity index (χ2v) is 5.55. The zero-order valence-corrected chi connectivity index (χ0v) is 12.6. The predicted octanol–water partition coefficient (Wildman–Crippen LogP) is 1.45. The molecule has 1 amide bonds. The number of hydrogen-bond acceptors (Lipinski definition) is 4. The van der Waals surface area contributed by atoms with E-state index >= 15 is 0 Å². The zero-order chi connectivity index (χ0) is 16.2. The maximum absolute atomic E-state index is 12.5. The molecule has 0 saturated heterocycles. The molecule has 2 heterocycles. The Balaban J connectivity index is 1.74. The van der Waals surface area contributed by atoms with Crippen molar-refractivity contribution in [2.24, 2.45) is 0 Å². The summed E-state index contributed by atoms with van der Waals surface area (Å²) in [4.78, 5) is 33.6. The molecule has 118 valence electrons. The summed E-state index contributed by atoms with van der Waals surface area (Å²) in [5, 5.41) is 9.45. The minimum absolute atomic E-state index is 0.169. The third-order valence-corrected chi connectivity index (χ3v) is 4.07. The van der Waals surface area contributed by atoms with Crippen LogP contribution in [0.2, 0.25) is 0 Å². The van der Waals surface area contributed by atoms with E-state index in [0.717, 1.165) is 16.8 Å². The first-order valence-corrected chi connectivity index (χ1v) is 7.49. The van der Waals surface area contributed by atoms with Crippen molar-refractivity contribution in [1.29, 1.82) is 0 Å². The molecule has 1 aromatic heterocycles. The minimum Gasteiger partial charge on any atom is -0.480 e. The molecule has 1 aliphatic heterocycles. The van der Waals surface area contributed by atoms with Crippen molar-refractivity contribution in [3.8, 4) is 0 Å². The molecule has 6 nitrogen and oxygen atoms in total. The van der Waals surface area contributed by atoms with Gasteiger partial charge in [0.2, 0.25) is 5.91 Å². The van der Waals surface area contributed by atoms with Crippen molar-refractivity contribution >= 4 is 11.9 Å². The Morgan fingerprint density at radius 1 is 1.22 bits per heavy atom. The number of carboxylic acid groups (broad SMARTS) is 1. The number of fused-ring (bicyclic) bond motifs is 1. The van der Waals surface area contributed by atoms with Crippen LogP contribution in [0.3, 0.4) is 0 Å². The molecule has 2 aromatic rings. The van der Waals surface area contributed by atoms with E-state index in [1.54, 1.807) is 18.6 Å². The lowest BCUT2D eigenvalue weighted by Crippen LogP contribution is -2.48. The Bertz CT molecular complexity index is 718. The number of carboxylic acids is 1. The lowest BCUT2D eigenvalue weighted by atomic mass is 9.93. The van der Waals surface area contributed by atoms with E-state index in [1.165, 1.54) is 4.90 Å². The summed E-state index contributed by atoms with van der Waals surface area (Å²) < 4.78 is 0. The highest BCUT2D eigenvalue weighted by atomic mass is 16.4. The fourth-order valence-electron chi connectivity index (χ4n) is 2.84. The van der Waals surface area contributed by atoms with Gasteiger partial charge >= 0.3 is 5.97 Å². The number of rotatable bonds is 4. The van der Waals surface area contributed by atoms with E-state index in [2.05, 4.69) is 9.97 Å². The molecule has 0 unspecified atom stereocenters. The van der Waals surface area contributed by atoms with Gasteiger partial charge in [0.1, 0.15) is 6.04 Å². The van der Waals surface area contributed by atoms with Gasteiger partial charge in [-0.1, -0.05) is 24.3 Å². The van der Waals surface area contributed by atoms with Crippen LogP contribution in [0.1, 0.15) is 23.2 Å². The van der Waals surface area contributed by atoms with E-state index in [-0.39, 0.29) is 12.3 Å². The van der Waals surface area contributed by atoms with Gasteiger partial charge in [0.15, 0.2) is 0 Å². The van der Waals surface area contributed by atoms with Crippen molar-refractivity contribution < 1.29 is 14.7 Å². The molecule has 23 heavy (non-hydrogen) atoms. The van der Waals surface area contributed by atoms with Gasteiger partial charge < -0.3 is 10.0 Å². The molecule has 3 rings (SSSR count). The van der Waals surface area contributed by atoms with E-state index in [9.17, 15) is 14.7 Å². The normalized spacial score (nSPS) is 16.7. The second-order valence-electron chi connectivity index (χ2n) is 5.55. The molecule has 0 saturated carbocycles. The second kappa shape index (κ2) is 6.56. The van der Waals surface area contributed by atoms with Gasteiger partial charge in [0.25, 0.3) is 0 Å². The molecule has 0 fully saturated rings. The van der Waals surface area contributed by atoms with E-state index in [1.807, 2.05) is 24.3 Å². The molecule has 1 aliphatic rings. The average Bonchev–Trinajstić information content (AvgIpc) is 2.59. The zero-order valence-electron chi connectivity index (χ0n) is 12.6. The number of aromatic nitrogens is 2. The molecule has 1 atom stereocenters.